The Morgan fingerprint density at radius 1 is 0.902 bits per heavy atom. The zero-order valence-corrected chi connectivity index (χ0v) is 24.4. The molecule has 1 aliphatic rings. The lowest BCUT2D eigenvalue weighted by molar-refractivity contribution is -0.444. The van der Waals surface area contributed by atoms with E-state index in [0.717, 1.165) is 51.7 Å². The molecule has 19 nitrogen and oxygen atoms in total. The third-order valence-electron chi connectivity index (χ3n) is 5.46. The Kier molecular flexibility index (Phi) is 14.0. The van der Waals surface area contributed by atoms with E-state index in [1.807, 2.05) is 0 Å². The molecule has 1 fully saturated rings. The minimum Gasteiger partial charge on any atom is -0.470 e. The van der Waals surface area contributed by atoms with Crippen molar-refractivity contribution in [3.8, 4) is 0 Å². The van der Waals surface area contributed by atoms with Crippen molar-refractivity contribution in [1.29, 1.82) is 0 Å². The van der Waals surface area contributed by atoms with Gasteiger partial charge >= 0.3 is 31.2 Å². The van der Waals surface area contributed by atoms with Crippen LogP contribution in [0.1, 0.15) is 65.2 Å². The summed E-state index contributed by atoms with van der Waals surface area (Å²) in [6, 6.07) is -2.59. The molecule has 1 saturated heterocycles. The second kappa shape index (κ2) is 15.3. The van der Waals surface area contributed by atoms with Gasteiger partial charge in [-0.25, -0.2) is 12.5 Å². The van der Waals surface area contributed by atoms with Crippen molar-refractivity contribution in [3.05, 3.63) is 12.3 Å². The fourth-order valence-corrected chi connectivity index (χ4v) is 5.25. The van der Waals surface area contributed by atoms with Crippen molar-refractivity contribution in [1.82, 2.24) is 5.32 Å². The summed E-state index contributed by atoms with van der Waals surface area (Å²) in [5.41, 5.74) is 0. The first-order valence-corrected chi connectivity index (χ1v) is 16.1. The average molecular weight is 662 g/mol. The van der Waals surface area contributed by atoms with Crippen molar-refractivity contribution in [2.45, 2.75) is 102 Å². The Balaban J connectivity index is 3.47. The van der Waals surface area contributed by atoms with Crippen LogP contribution in [0.2, 0.25) is 0 Å². The fraction of sp³-hybridized carbons (Fsp3) is 0.842. The van der Waals surface area contributed by atoms with E-state index < -0.39 is 73.4 Å². The molecule has 7 N–H and O–H groups in total. The summed E-state index contributed by atoms with van der Waals surface area (Å²) >= 11 is 0. The molecule has 0 bridgehead atoms. The first-order chi connectivity index (χ1) is 18.7. The number of ether oxygens (including phenoxy) is 2. The number of carbonyl (C=O) groups excluding carboxylic acids is 1. The normalized spacial score (nSPS) is 28.4. The highest BCUT2D eigenvalue weighted by Gasteiger charge is 2.74. The van der Waals surface area contributed by atoms with Crippen LogP contribution in [0.5, 0.6) is 0 Å². The maximum Gasteiger partial charge on any atom is 0.400 e. The first-order valence-electron chi connectivity index (χ1n) is 12.0. The molecule has 0 aromatic rings. The van der Waals surface area contributed by atoms with E-state index in [9.17, 15) is 54.5 Å². The highest BCUT2D eigenvalue weighted by molar-refractivity contribution is 7.81. The number of hydrogen-bond acceptors (Lipinski definition) is 15. The molecule has 0 radical (unpaired) electrons. The predicted octanol–water partition coefficient (Wildman–Crippen LogP) is -0.959. The van der Waals surface area contributed by atoms with Crippen LogP contribution in [0.15, 0.2) is 12.3 Å². The molecule has 1 rings (SSSR count). The van der Waals surface area contributed by atoms with E-state index in [2.05, 4.69) is 19.5 Å². The largest absolute Gasteiger partial charge is 0.470 e. The number of amides is 1. The van der Waals surface area contributed by atoms with Crippen LogP contribution in [0.4, 0.5) is 0 Å². The second-order valence-corrected chi connectivity index (χ2v) is 11.9. The molecule has 1 heterocycles. The Hall–Kier alpha value is -1.54. The van der Waals surface area contributed by atoms with Gasteiger partial charge in [0.2, 0.25) is 18.5 Å². The lowest BCUT2D eigenvalue weighted by Crippen LogP contribution is -2.81. The standard InChI is InChI=1S/C19H35NO18S3/c1-3-4-5-6-7-8-9-10-11-12-34-17-14(20-13(2)21)18(23,37-40(28,29)30)19(24,38-41(31,32)33)15(35-17)16(22)36-39(25,26)27/h11-12,14-17,22-24H,3-10H2,1-2H3,(H,20,21)(H,25,26,27)(H,28,29,30)(H,31,32,33)/t14-,15+,16?,17-,18-,19-/m0/s1. The summed E-state index contributed by atoms with van der Waals surface area (Å²) in [6.07, 6.45) is 0.803. The van der Waals surface area contributed by atoms with Gasteiger partial charge in [-0.05, 0) is 18.9 Å². The Bertz CT molecular complexity index is 1210. The van der Waals surface area contributed by atoms with Crippen molar-refractivity contribution in [2.24, 2.45) is 0 Å². The molecule has 1 amide bonds. The van der Waals surface area contributed by atoms with Crippen LogP contribution in [-0.2, 0) is 58.0 Å². The highest BCUT2D eigenvalue weighted by Crippen LogP contribution is 2.44. The molecule has 41 heavy (non-hydrogen) atoms. The van der Waals surface area contributed by atoms with Gasteiger partial charge in [-0.15, -0.1) is 0 Å². The van der Waals surface area contributed by atoms with Gasteiger partial charge in [0.05, 0.1) is 6.26 Å². The topological polar surface area (TPSA) is 299 Å². The molecule has 22 heteroatoms. The highest BCUT2D eigenvalue weighted by atomic mass is 32.3. The van der Waals surface area contributed by atoms with Gasteiger partial charge in [0.15, 0.2) is 12.1 Å². The molecule has 1 unspecified atom stereocenters. The monoisotopic (exact) mass is 661 g/mol. The van der Waals surface area contributed by atoms with Gasteiger partial charge < -0.3 is 30.1 Å². The van der Waals surface area contributed by atoms with Crippen molar-refractivity contribution < 1.29 is 81.0 Å². The number of allylic oxidation sites excluding steroid dienone is 1. The molecular formula is C19H35NO18S3. The van der Waals surface area contributed by atoms with E-state index in [4.69, 9.17) is 14.0 Å². The number of rotatable bonds is 18. The van der Waals surface area contributed by atoms with Gasteiger partial charge in [-0.1, -0.05) is 45.4 Å². The van der Waals surface area contributed by atoms with Crippen LogP contribution in [0, 0.1) is 0 Å². The third kappa shape index (κ3) is 12.3. The summed E-state index contributed by atoms with van der Waals surface area (Å²) in [4.78, 5) is 11.9. The molecule has 6 atom stereocenters. The minimum absolute atomic E-state index is 0.408. The average Bonchev–Trinajstić information content (AvgIpc) is 2.76. The van der Waals surface area contributed by atoms with Gasteiger partial charge in [0.1, 0.15) is 0 Å². The van der Waals surface area contributed by atoms with Crippen LogP contribution < -0.4 is 5.32 Å². The number of aliphatic hydroxyl groups excluding tert-OH is 1. The Labute approximate surface area is 237 Å². The summed E-state index contributed by atoms with van der Waals surface area (Å²) < 4.78 is 118. The molecule has 0 saturated carbocycles. The zero-order chi connectivity index (χ0) is 31.7. The minimum atomic E-state index is -6.02. The summed E-state index contributed by atoms with van der Waals surface area (Å²) in [5, 5.41) is 34.1. The van der Waals surface area contributed by atoms with E-state index in [-0.39, 0.29) is 0 Å². The predicted molar refractivity (Wildman–Crippen MR) is 133 cm³/mol. The van der Waals surface area contributed by atoms with E-state index >= 15 is 0 Å². The lowest BCUT2D eigenvalue weighted by atomic mass is 9.88. The number of unbranched alkanes of at least 4 members (excludes halogenated alkanes) is 7. The smallest absolute Gasteiger partial charge is 0.400 e. The van der Waals surface area contributed by atoms with Crippen molar-refractivity contribution in [2.75, 3.05) is 0 Å². The Morgan fingerprint density at radius 2 is 1.41 bits per heavy atom. The van der Waals surface area contributed by atoms with Gasteiger partial charge in [-0.2, -0.15) is 25.3 Å². The zero-order valence-electron chi connectivity index (χ0n) is 21.9. The van der Waals surface area contributed by atoms with Crippen LogP contribution in [0.3, 0.4) is 0 Å². The Morgan fingerprint density at radius 3 is 1.90 bits per heavy atom. The maximum atomic E-state index is 11.9. The molecular weight excluding hydrogens is 626 g/mol. The van der Waals surface area contributed by atoms with Crippen LogP contribution in [-0.4, -0.2) is 96.4 Å². The third-order valence-corrected chi connectivity index (χ3v) is 6.83. The van der Waals surface area contributed by atoms with Gasteiger partial charge in [-0.3, -0.25) is 18.5 Å². The number of aliphatic hydroxyl groups is 3. The first kappa shape index (κ1) is 37.5. The molecule has 242 valence electrons. The van der Waals surface area contributed by atoms with Crippen molar-refractivity contribution in [3.63, 3.8) is 0 Å². The van der Waals surface area contributed by atoms with E-state index in [0.29, 0.717) is 12.8 Å². The molecule has 0 aromatic carbocycles. The fourth-order valence-electron chi connectivity index (χ4n) is 3.82. The van der Waals surface area contributed by atoms with Gasteiger partial charge in [0, 0.05) is 6.92 Å². The lowest BCUT2D eigenvalue weighted by Gasteiger charge is -2.53. The second-order valence-electron chi connectivity index (χ2n) is 8.85. The number of carbonyl (C=O) groups is 1. The summed E-state index contributed by atoms with van der Waals surface area (Å²) in [7, 11) is -17.6. The number of hydrogen-bond donors (Lipinski definition) is 7. The summed E-state index contributed by atoms with van der Waals surface area (Å²) in [5.74, 6) is -9.94. The quantitative estimate of drug-likeness (QED) is 0.0402. The number of nitrogens with one attached hydrogen (secondary N) is 1. The SMILES string of the molecule is CCCCCCCCCC=CO[C@H]1O[C@H](C(O)OS(=O)(=O)O)[C@](O)(OS(=O)(=O)O)[C@@](O)(OS(=O)(=O)O)[C@H]1NC(C)=O. The molecule has 0 spiro atoms. The van der Waals surface area contributed by atoms with E-state index in [1.54, 1.807) is 5.32 Å². The molecule has 1 aliphatic heterocycles. The van der Waals surface area contributed by atoms with Crippen LogP contribution >= 0.6 is 0 Å². The summed E-state index contributed by atoms with van der Waals surface area (Å²) in [6.45, 7) is 2.85. The maximum absolute atomic E-state index is 11.9. The molecule has 0 aromatic heterocycles. The van der Waals surface area contributed by atoms with Crippen molar-refractivity contribution >= 4 is 37.1 Å². The van der Waals surface area contributed by atoms with Crippen LogP contribution in [0.25, 0.3) is 0 Å². The van der Waals surface area contributed by atoms with Gasteiger partial charge in [0.25, 0.3) is 11.6 Å². The van der Waals surface area contributed by atoms with E-state index in [1.165, 1.54) is 6.08 Å². The molecule has 0 aliphatic carbocycles.